The van der Waals surface area contributed by atoms with Gasteiger partial charge in [0, 0.05) is 12.0 Å². The lowest BCUT2D eigenvalue weighted by Crippen LogP contribution is -2.44. The smallest absolute Gasteiger partial charge is 0.220 e. The number of hydrogen-bond donors (Lipinski definition) is 1. The summed E-state index contributed by atoms with van der Waals surface area (Å²) in [5.74, 6) is -0.265. The topological polar surface area (TPSA) is 46.2 Å². The second-order valence-corrected chi connectivity index (χ2v) is 4.76. The molecule has 0 bridgehead atoms. The minimum Gasteiger partial charge on any atom is -0.346 e. The zero-order valence-corrected chi connectivity index (χ0v) is 10.5. The van der Waals surface area contributed by atoms with Gasteiger partial charge in [0.25, 0.3) is 0 Å². The van der Waals surface area contributed by atoms with Crippen molar-refractivity contribution >= 4 is 34.9 Å². The highest BCUT2D eigenvalue weighted by atomic mass is 35.5. The van der Waals surface area contributed by atoms with Gasteiger partial charge in [-0.15, -0.1) is 0 Å². The van der Waals surface area contributed by atoms with Crippen molar-refractivity contribution in [3.63, 3.8) is 0 Å². The van der Waals surface area contributed by atoms with Crippen molar-refractivity contribution in [2.75, 3.05) is 0 Å². The number of piperidine rings is 1. The number of hydrogen-bond acceptors (Lipinski definition) is 2. The average molecular weight is 272 g/mol. The Kier molecular flexibility index (Phi) is 3.69. The van der Waals surface area contributed by atoms with Crippen LogP contribution in [-0.2, 0) is 4.79 Å². The van der Waals surface area contributed by atoms with Crippen LogP contribution in [0.15, 0.2) is 18.2 Å². The molecule has 1 aromatic rings. The molecule has 90 valence electrons. The molecule has 5 heteroatoms. The van der Waals surface area contributed by atoms with Crippen LogP contribution in [0.2, 0.25) is 10.0 Å². The number of Topliss-reactive ketones (excluding diaryl/α,β-unsaturated/α-hetero) is 1. The Morgan fingerprint density at radius 3 is 2.82 bits per heavy atom. The molecule has 1 aromatic carbocycles. The quantitative estimate of drug-likeness (QED) is 0.841. The molecule has 0 aromatic heterocycles. The summed E-state index contributed by atoms with van der Waals surface area (Å²) in [5, 5.41) is 3.27. The summed E-state index contributed by atoms with van der Waals surface area (Å²) in [5.41, 5.74) is 0.367. The van der Waals surface area contributed by atoms with Gasteiger partial charge in [0.15, 0.2) is 5.78 Å². The Morgan fingerprint density at radius 2 is 2.12 bits per heavy atom. The molecule has 1 unspecified atom stereocenters. The van der Waals surface area contributed by atoms with E-state index in [9.17, 15) is 9.59 Å². The van der Waals surface area contributed by atoms with Gasteiger partial charge in [-0.2, -0.15) is 0 Å². The van der Waals surface area contributed by atoms with Crippen LogP contribution in [0.4, 0.5) is 0 Å². The standard InChI is InChI=1S/C12H11Cl2NO2/c13-8-4-1-3-7(11(8)14)12(17)9-5-2-6-10(16)15-9/h1,3-4,9H,2,5-6H2,(H,15,16). The maximum Gasteiger partial charge on any atom is 0.220 e. The molecular formula is C12H11Cl2NO2. The van der Waals surface area contributed by atoms with Crippen LogP contribution >= 0.6 is 23.2 Å². The number of amides is 1. The zero-order valence-electron chi connectivity index (χ0n) is 9.00. The fourth-order valence-electron chi connectivity index (χ4n) is 1.88. The highest BCUT2D eigenvalue weighted by Crippen LogP contribution is 2.27. The van der Waals surface area contributed by atoms with E-state index in [2.05, 4.69) is 5.32 Å². The number of ketones is 1. The lowest BCUT2D eigenvalue weighted by Gasteiger charge is -2.22. The summed E-state index contributed by atoms with van der Waals surface area (Å²) in [6.45, 7) is 0. The summed E-state index contributed by atoms with van der Waals surface area (Å²) in [7, 11) is 0. The summed E-state index contributed by atoms with van der Waals surface area (Å²) >= 11 is 11.8. The third-order valence-corrected chi connectivity index (χ3v) is 3.58. The lowest BCUT2D eigenvalue weighted by atomic mass is 9.96. The maximum atomic E-state index is 12.2. The molecule has 17 heavy (non-hydrogen) atoms. The van der Waals surface area contributed by atoms with Gasteiger partial charge in [0.2, 0.25) is 5.91 Å². The number of rotatable bonds is 2. The van der Waals surface area contributed by atoms with E-state index in [1.54, 1.807) is 18.2 Å². The number of nitrogens with one attached hydrogen (secondary N) is 1. The molecule has 1 amide bonds. The van der Waals surface area contributed by atoms with Crippen molar-refractivity contribution in [2.24, 2.45) is 0 Å². The molecule has 1 heterocycles. The van der Waals surface area contributed by atoms with Crippen LogP contribution in [0, 0.1) is 0 Å². The molecule has 1 atom stereocenters. The molecule has 1 N–H and O–H groups in total. The molecule has 1 fully saturated rings. The summed E-state index contributed by atoms with van der Waals surface area (Å²) in [6, 6.07) is 4.44. The fraction of sp³-hybridized carbons (Fsp3) is 0.333. The highest BCUT2D eigenvalue weighted by molar-refractivity contribution is 6.44. The molecule has 0 spiro atoms. The Labute approximate surface area is 109 Å². The van der Waals surface area contributed by atoms with Gasteiger partial charge >= 0.3 is 0 Å². The molecule has 1 aliphatic rings. The van der Waals surface area contributed by atoms with E-state index >= 15 is 0 Å². The van der Waals surface area contributed by atoms with Gasteiger partial charge in [-0.3, -0.25) is 9.59 Å². The number of carbonyl (C=O) groups is 2. The van der Waals surface area contributed by atoms with Crippen molar-refractivity contribution in [3.8, 4) is 0 Å². The van der Waals surface area contributed by atoms with Crippen LogP contribution in [0.5, 0.6) is 0 Å². The van der Waals surface area contributed by atoms with Crippen LogP contribution in [-0.4, -0.2) is 17.7 Å². The molecular weight excluding hydrogens is 261 g/mol. The first-order valence-electron chi connectivity index (χ1n) is 5.37. The normalized spacial score (nSPS) is 19.9. The van der Waals surface area contributed by atoms with Crippen LogP contribution in [0.3, 0.4) is 0 Å². The van der Waals surface area contributed by atoms with E-state index in [0.717, 1.165) is 6.42 Å². The van der Waals surface area contributed by atoms with Crippen molar-refractivity contribution in [1.29, 1.82) is 0 Å². The van der Waals surface area contributed by atoms with E-state index in [4.69, 9.17) is 23.2 Å². The van der Waals surface area contributed by atoms with Crippen molar-refractivity contribution in [3.05, 3.63) is 33.8 Å². The van der Waals surface area contributed by atoms with E-state index in [-0.39, 0.29) is 16.7 Å². The minimum atomic E-state index is -0.479. The van der Waals surface area contributed by atoms with E-state index in [0.29, 0.717) is 23.4 Å². The summed E-state index contributed by atoms with van der Waals surface area (Å²) in [6.07, 6.45) is 1.85. The predicted molar refractivity (Wildman–Crippen MR) is 66.6 cm³/mol. The first-order valence-corrected chi connectivity index (χ1v) is 6.13. The highest BCUT2D eigenvalue weighted by Gasteiger charge is 2.27. The van der Waals surface area contributed by atoms with Gasteiger partial charge in [0.05, 0.1) is 16.1 Å². The van der Waals surface area contributed by atoms with Gasteiger partial charge in [-0.25, -0.2) is 0 Å². The van der Waals surface area contributed by atoms with E-state index in [1.807, 2.05) is 0 Å². The summed E-state index contributed by atoms with van der Waals surface area (Å²) in [4.78, 5) is 23.4. The predicted octanol–water partition coefficient (Wildman–Crippen LogP) is 2.84. The molecule has 1 aliphatic heterocycles. The molecule has 3 nitrogen and oxygen atoms in total. The largest absolute Gasteiger partial charge is 0.346 e. The molecule has 0 radical (unpaired) electrons. The van der Waals surface area contributed by atoms with Crippen molar-refractivity contribution in [1.82, 2.24) is 5.32 Å². The molecule has 0 aliphatic carbocycles. The third-order valence-electron chi connectivity index (χ3n) is 2.77. The van der Waals surface area contributed by atoms with Crippen LogP contribution in [0.1, 0.15) is 29.6 Å². The second-order valence-electron chi connectivity index (χ2n) is 3.98. The number of halogens is 2. The van der Waals surface area contributed by atoms with Crippen molar-refractivity contribution in [2.45, 2.75) is 25.3 Å². The van der Waals surface area contributed by atoms with Gasteiger partial charge in [-0.05, 0) is 25.0 Å². The third kappa shape index (κ3) is 2.61. The number of benzene rings is 1. The summed E-state index contributed by atoms with van der Waals surface area (Å²) < 4.78 is 0. The number of carbonyl (C=O) groups excluding carboxylic acids is 2. The monoisotopic (exact) mass is 271 g/mol. The maximum absolute atomic E-state index is 12.2. The van der Waals surface area contributed by atoms with Gasteiger partial charge in [0.1, 0.15) is 0 Å². The Balaban J connectivity index is 2.24. The average Bonchev–Trinajstić information content (AvgIpc) is 2.32. The zero-order chi connectivity index (χ0) is 12.4. The van der Waals surface area contributed by atoms with E-state index in [1.165, 1.54) is 0 Å². The first-order chi connectivity index (χ1) is 8.09. The minimum absolute atomic E-state index is 0.0900. The van der Waals surface area contributed by atoms with Crippen molar-refractivity contribution < 1.29 is 9.59 Å². The van der Waals surface area contributed by atoms with Crippen LogP contribution in [0.25, 0.3) is 0 Å². The van der Waals surface area contributed by atoms with E-state index < -0.39 is 6.04 Å². The first kappa shape index (κ1) is 12.4. The van der Waals surface area contributed by atoms with Crippen LogP contribution < -0.4 is 5.32 Å². The Bertz CT molecular complexity index is 474. The SMILES string of the molecule is O=C1CCCC(C(=O)c2cccc(Cl)c2Cl)N1. The molecule has 0 saturated carbocycles. The lowest BCUT2D eigenvalue weighted by molar-refractivity contribution is -0.122. The molecule has 1 saturated heterocycles. The second kappa shape index (κ2) is 5.07. The molecule has 2 rings (SSSR count). The Morgan fingerprint density at radius 1 is 1.35 bits per heavy atom. The Hall–Kier alpha value is -1.06. The van der Waals surface area contributed by atoms with Gasteiger partial charge < -0.3 is 5.32 Å². The van der Waals surface area contributed by atoms with Gasteiger partial charge in [-0.1, -0.05) is 29.3 Å². The fourth-order valence-corrected chi connectivity index (χ4v) is 2.28.